The lowest BCUT2D eigenvalue weighted by atomic mass is 9.90. The molecule has 0 spiro atoms. The number of ether oxygens (including phenoxy) is 1. The first-order chi connectivity index (χ1) is 6.12. The summed E-state index contributed by atoms with van der Waals surface area (Å²) in [4.78, 5) is 0. The largest absolute Gasteiger partial charge is 0.385 e. The van der Waals surface area contributed by atoms with Crippen molar-refractivity contribution in [1.29, 1.82) is 0 Å². The molecule has 0 aromatic carbocycles. The van der Waals surface area contributed by atoms with Crippen molar-refractivity contribution in [2.24, 2.45) is 5.41 Å². The zero-order chi connectivity index (χ0) is 10.2. The van der Waals surface area contributed by atoms with E-state index in [1.54, 1.807) is 7.11 Å². The molecule has 76 valence electrons. The molecule has 0 aromatic heterocycles. The third-order valence-electron chi connectivity index (χ3n) is 1.98. The maximum atomic E-state index is 5.05. The summed E-state index contributed by atoms with van der Waals surface area (Å²) in [6.45, 7) is 8.93. The third-order valence-corrected chi connectivity index (χ3v) is 1.98. The van der Waals surface area contributed by atoms with Crippen LogP contribution < -0.4 is 5.32 Å². The third kappa shape index (κ3) is 7.83. The van der Waals surface area contributed by atoms with E-state index in [0.717, 1.165) is 26.1 Å². The summed E-state index contributed by atoms with van der Waals surface area (Å²) in [5.41, 5.74) is 0.297. The second-order valence-corrected chi connectivity index (χ2v) is 3.94. The molecular weight excluding hydrogens is 162 g/mol. The van der Waals surface area contributed by atoms with Crippen LogP contribution in [0.25, 0.3) is 0 Å². The van der Waals surface area contributed by atoms with Gasteiger partial charge in [-0.05, 0) is 18.8 Å². The minimum atomic E-state index is 0.297. The van der Waals surface area contributed by atoms with E-state index in [9.17, 15) is 0 Å². The molecule has 2 nitrogen and oxygen atoms in total. The van der Waals surface area contributed by atoms with Gasteiger partial charge >= 0.3 is 0 Å². The fourth-order valence-electron chi connectivity index (χ4n) is 1.02. The minimum absolute atomic E-state index is 0.297. The fourth-order valence-corrected chi connectivity index (χ4v) is 1.02. The summed E-state index contributed by atoms with van der Waals surface area (Å²) in [6, 6.07) is 0. The maximum Gasteiger partial charge on any atom is 0.0576 e. The Labute approximate surface area is 82.1 Å². The van der Waals surface area contributed by atoms with Crippen LogP contribution in [0.3, 0.4) is 0 Å². The summed E-state index contributed by atoms with van der Waals surface area (Å²) >= 11 is 0. The Hall–Kier alpha value is -0.520. The van der Waals surface area contributed by atoms with Crippen molar-refractivity contribution in [3.8, 4) is 11.8 Å². The molecule has 13 heavy (non-hydrogen) atoms. The van der Waals surface area contributed by atoms with Crippen molar-refractivity contribution in [2.45, 2.75) is 27.2 Å². The Kier molecular flexibility index (Phi) is 6.66. The summed E-state index contributed by atoms with van der Waals surface area (Å²) in [7, 11) is 1.74. The number of nitrogens with one attached hydrogen (secondary N) is 1. The van der Waals surface area contributed by atoms with E-state index in [0.29, 0.717) is 5.41 Å². The van der Waals surface area contributed by atoms with Crippen molar-refractivity contribution < 1.29 is 4.74 Å². The van der Waals surface area contributed by atoms with Gasteiger partial charge in [0.15, 0.2) is 0 Å². The topological polar surface area (TPSA) is 21.3 Å². The van der Waals surface area contributed by atoms with Gasteiger partial charge in [-0.1, -0.05) is 19.8 Å². The highest BCUT2D eigenvalue weighted by Gasteiger charge is 2.16. The van der Waals surface area contributed by atoms with Gasteiger partial charge in [-0.15, -0.1) is 5.92 Å². The number of hydrogen-bond acceptors (Lipinski definition) is 2. The Bertz CT molecular complexity index is 176. The smallest absolute Gasteiger partial charge is 0.0576 e. The minimum Gasteiger partial charge on any atom is -0.385 e. The molecule has 0 saturated heterocycles. The quantitative estimate of drug-likeness (QED) is 0.499. The van der Waals surface area contributed by atoms with E-state index < -0.39 is 0 Å². The molecule has 0 heterocycles. The van der Waals surface area contributed by atoms with Crippen LogP contribution >= 0.6 is 0 Å². The van der Waals surface area contributed by atoms with Crippen LogP contribution in [0, 0.1) is 17.3 Å². The predicted octanol–water partition coefficient (Wildman–Crippen LogP) is 1.66. The van der Waals surface area contributed by atoms with Crippen LogP contribution in [0.5, 0.6) is 0 Å². The molecule has 0 amide bonds. The molecule has 0 aliphatic heterocycles. The predicted molar refractivity (Wildman–Crippen MR) is 56.6 cm³/mol. The van der Waals surface area contributed by atoms with Gasteiger partial charge in [0.2, 0.25) is 0 Å². The molecule has 0 aromatic rings. The Morgan fingerprint density at radius 3 is 2.62 bits per heavy atom. The fraction of sp³-hybridized carbons (Fsp3) is 0.818. The highest BCUT2D eigenvalue weighted by molar-refractivity contribution is 4.97. The summed E-state index contributed by atoms with van der Waals surface area (Å²) in [6.07, 6.45) is 1.08. The average Bonchev–Trinajstić information content (AvgIpc) is 2.09. The van der Waals surface area contributed by atoms with E-state index in [1.165, 1.54) is 0 Å². The van der Waals surface area contributed by atoms with Crippen LogP contribution in [0.15, 0.2) is 0 Å². The highest BCUT2D eigenvalue weighted by atomic mass is 16.5. The normalized spacial score (nSPS) is 10.8. The molecule has 1 N–H and O–H groups in total. The van der Waals surface area contributed by atoms with Crippen molar-refractivity contribution in [2.75, 3.05) is 26.8 Å². The van der Waals surface area contributed by atoms with Gasteiger partial charge in [0, 0.05) is 20.3 Å². The molecule has 0 unspecified atom stereocenters. The van der Waals surface area contributed by atoms with Gasteiger partial charge in [-0.3, -0.25) is 0 Å². The summed E-state index contributed by atoms with van der Waals surface area (Å²) < 4.78 is 5.05. The van der Waals surface area contributed by atoms with Crippen molar-refractivity contribution >= 4 is 0 Å². The second-order valence-electron chi connectivity index (χ2n) is 3.94. The van der Waals surface area contributed by atoms with Gasteiger partial charge in [0.05, 0.1) is 6.54 Å². The standard InChI is InChI=1S/C11H21NO/c1-5-6-8-12-10-11(2,3)7-9-13-4/h12H,7-10H2,1-4H3. The van der Waals surface area contributed by atoms with Crippen LogP contribution in [-0.2, 0) is 4.74 Å². The zero-order valence-electron chi connectivity index (χ0n) is 9.24. The maximum absolute atomic E-state index is 5.05. The van der Waals surface area contributed by atoms with Crippen LogP contribution in [-0.4, -0.2) is 26.8 Å². The lowest BCUT2D eigenvalue weighted by Gasteiger charge is -2.23. The van der Waals surface area contributed by atoms with E-state index in [-0.39, 0.29) is 0 Å². The zero-order valence-corrected chi connectivity index (χ0v) is 9.24. The van der Waals surface area contributed by atoms with E-state index >= 15 is 0 Å². The van der Waals surface area contributed by atoms with Crippen molar-refractivity contribution in [3.05, 3.63) is 0 Å². The van der Waals surface area contributed by atoms with Crippen LogP contribution in [0.4, 0.5) is 0 Å². The Morgan fingerprint density at radius 1 is 1.38 bits per heavy atom. The molecule has 0 fully saturated rings. The first kappa shape index (κ1) is 12.5. The van der Waals surface area contributed by atoms with Crippen molar-refractivity contribution in [1.82, 2.24) is 5.32 Å². The molecule has 0 radical (unpaired) electrons. The summed E-state index contributed by atoms with van der Waals surface area (Å²) in [5.74, 6) is 5.84. The molecule has 0 saturated carbocycles. The van der Waals surface area contributed by atoms with E-state index in [4.69, 9.17) is 4.74 Å². The van der Waals surface area contributed by atoms with Crippen LogP contribution in [0.2, 0.25) is 0 Å². The van der Waals surface area contributed by atoms with E-state index in [1.807, 2.05) is 6.92 Å². The number of hydrogen-bond donors (Lipinski definition) is 1. The molecule has 0 bridgehead atoms. The van der Waals surface area contributed by atoms with Gasteiger partial charge in [0.25, 0.3) is 0 Å². The van der Waals surface area contributed by atoms with Gasteiger partial charge in [0.1, 0.15) is 0 Å². The van der Waals surface area contributed by atoms with E-state index in [2.05, 4.69) is 31.0 Å². The molecule has 0 atom stereocenters. The van der Waals surface area contributed by atoms with Gasteiger partial charge in [-0.2, -0.15) is 0 Å². The SMILES string of the molecule is CC#CCNCC(C)(C)CCOC. The molecular formula is C11H21NO. The lowest BCUT2D eigenvalue weighted by molar-refractivity contribution is 0.151. The monoisotopic (exact) mass is 183 g/mol. The Balaban J connectivity index is 3.53. The lowest BCUT2D eigenvalue weighted by Crippen LogP contribution is -2.30. The average molecular weight is 183 g/mol. The Morgan fingerprint density at radius 2 is 2.08 bits per heavy atom. The number of methoxy groups -OCH3 is 1. The van der Waals surface area contributed by atoms with Gasteiger partial charge < -0.3 is 10.1 Å². The summed E-state index contributed by atoms with van der Waals surface area (Å²) in [5, 5.41) is 3.31. The van der Waals surface area contributed by atoms with Crippen molar-refractivity contribution in [3.63, 3.8) is 0 Å². The van der Waals surface area contributed by atoms with Crippen LogP contribution in [0.1, 0.15) is 27.2 Å². The molecule has 0 aliphatic carbocycles. The number of rotatable bonds is 6. The molecule has 0 aliphatic rings. The first-order valence-electron chi connectivity index (χ1n) is 4.71. The molecule has 2 heteroatoms. The second kappa shape index (κ2) is 6.94. The van der Waals surface area contributed by atoms with Gasteiger partial charge in [-0.25, -0.2) is 0 Å². The first-order valence-corrected chi connectivity index (χ1v) is 4.71. The highest BCUT2D eigenvalue weighted by Crippen LogP contribution is 2.18. The molecule has 0 rings (SSSR count).